The summed E-state index contributed by atoms with van der Waals surface area (Å²) in [4.78, 5) is 15.1. The zero-order valence-corrected chi connectivity index (χ0v) is 16.8. The number of nitrogens with one attached hydrogen (secondary N) is 1. The van der Waals surface area contributed by atoms with Gasteiger partial charge in [-0.3, -0.25) is 4.79 Å². The summed E-state index contributed by atoms with van der Waals surface area (Å²) in [6, 6.07) is 6.34. The predicted molar refractivity (Wildman–Crippen MR) is 107 cm³/mol. The Morgan fingerprint density at radius 3 is 2.57 bits per heavy atom. The maximum atomic E-state index is 12.5. The van der Waals surface area contributed by atoms with Crippen LogP contribution in [0.15, 0.2) is 18.2 Å². The van der Waals surface area contributed by atoms with E-state index in [1.807, 2.05) is 12.1 Å². The van der Waals surface area contributed by atoms with Crippen LogP contribution in [0.3, 0.4) is 0 Å². The van der Waals surface area contributed by atoms with Crippen molar-refractivity contribution < 1.29 is 19.0 Å². The molecule has 1 amide bonds. The van der Waals surface area contributed by atoms with Crippen LogP contribution in [0.25, 0.3) is 0 Å². The third kappa shape index (κ3) is 4.61. The van der Waals surface area contributed by atoms with Crippen molar-refractivity contribution in [3.8, 4) is 11.5 Å². The van der Waals surface area contributed by atoms with Crippen LogP contribution in [0.4, 0.5) is 0 Å². The Hall–Kier alpha value is -1.79. The fraction of sp³-hybridized carbons (Fsp3) is 0.682. The number of hydrogen-bond acceptors (Lipinski definition) is 5. The van der Waals surface area contributed by atoms with E-state index in [-0.39, 0.29) is 18.1 Å². The zero-order valence-electron chi connectivity index (χ0n) is 16.8. The SMILES string of the molecule is COc1cc(C(=O)N[C@@H]2CCOC2)ccc1OC1CCN(C2CCCC2)CC1. The molecule has 3 aliphatic rings. The number of hydrogen-bond donors (Lipinski definition) is 1. The summed E-state index contributed by atoms with van der Waals surface area (Å²) in [6.07, 6.45) is 8.64. The van der Waals surface area contributed by atoms with Crippen molar-refractivity contribution >= 4 is 5.91 Å². The van der Waals surface area contributed by atoms with Crippen LogP contribution in [0.2, 0.25) is 0 Å². The molecular weight excluding hydrogens is 356 g/mol. The summed E-state index contributed by atoms with van der Waals surface area (Å²) in [5.74, 6) is 1.25. The molecule has 2 heterocycles. The van der Waals surface area contributed by atoms with E-state index in [2.05, 4.69) is 10.2 Å². The summed E-state index contributed by atoms with van der Waals surface area (Å²) in [5, 5.41) is 3.01. The van der Waals surface area contributed by atoms with Gasteiger partial charge in [-0.1, -0.05) is 12.8 Å². The molecule has 0 aromatic heterocycles. The fourth-order valence-electron chi connectivity index (χ4n) is 4.63. The number of likely N-dealkylation sites (tertiary alicyclic amines) is 1. The van der Waals surface area contributed by atoms with Gasteiger partial charge in [0.1, 0.15) is 6.10 Å². The van der Waals surface area contributed by atoms with E-state index in [9.17, 15) is 4.79 Å². The lowest BCUT2D eigenvalue weighted by Crippen LogP contribution is -2.43. The third-order valence-corrected chi connectivity index (χ3v) is 6.30. The van der Waals surface area contributed by atoms with Gasteiger partial charge in [0.05, 0.1) is 19.8 Å². The van der Waals surface area contributed by atoms with Crippen molar-refractivity contribution in [2.75, 3.05) is 33.4 Å². The minimum atomic E-state index is -0.0924. The lowest BCUT2D eigenvalue weighted by atomic mass is 10.0. The smallest absolute Gasteiger partial charge is 0.251 e. The van der Waals surface area contributed by atoms with Gasteiger partial charge >= 0.3 is 0 Å². The molecule has 154 valence electrons. The second-order valence-corrected chi connectivity index (χ2v) is 8.19. The predicted octanol–water partition coefficient (Wildman–Crippen LogP) is 3.00. The van der Waals surface area contributed by atoms with Gasteiger partial charge < -0.3 is 24.4 Å². The van der Waals surface area contributed by atoms with E-state index >= 15 is 0 Å². The average molecular weight is 389 g/mol. The Morgan fingerprint density at radius 2 is 1.89 bits per heavy atom. The first-order valence-corrected chi connectivity index (χ1v) is 10.7. The highest BCUT2D eigenvalue weighted by molar-refractivity contribution is 5.95. The summed E-state index contributed by atoms with van der Waals surface area (Å²) in [6.45, 7) is 3.52. The van der Waals surface area contributed by atoms with Gasteiger partial charge in [-0.25, -0.2) is 0 Å². The normalized spacial score (nSPS) is 24.4. The number of rotatable bonds is 6. The van der Waals surface area contributed by atoms with Crippen molar-refractivity contribution in [3.05, 3.63) is 23.8 Å². The molecule has 1 N–H and O–H groups in total. The molecule has 1 aromatic carbocycles. The second-order valence-electron chi connectivity index (χ2n) is 8.19. The molecule has 0 radical (unpaired) electrons. The highest BCUT2D eigenvalue weighted by atomic mass is 16.5. The topological polar surface area (TPSA) is 60.0 Å². The van der Waals surface area contributed by atoms with Gasteiger partial charge in [0.25, 0.3) is 5.91 Å². The monoisotopic (exact) mass is 388 g/mol. The van der Waals surface area contributed by atoms with Crippen molar-refractivity contribution in [2.24, 2.45) is 0 Å². The van der Waals surface area contributed by atoms with E-state index in [4.69, 9.17) is 14.2 Å². The van der Waals surface area contributed by atoms with E-state index < -0.39 is 0 Å². The van der Waals surface area contributed by atoms with Gasteiger partial charge in [-0.2, -0.15) is 0 Å². The standard InChI is InChI=1S/C22H32N2O4/c1-26-21-14-16(22(25)23-17-10-13-27-15-17)6-7-20(21)28-19-8-11-24(12-9-19)18-4-2-3-5-18/h6-7,14,17-19H,2-5,8-13,15H2,1H3,(H,23,25)/t17-/m1/s1. The van der Waals surface area contributed by atoms with E-state index in [1.54, 1.807) is 13.2 Å². The molecule has 4 rings (SSSR count). The number of carbonyl (C=O) groups excluding carboxylic acids is 1. The quantitative estimate of drug-likeness (QED) is 0.812. The van der Waals surface area contributed by atoms with Crippen LogP contribution >= 0.6 is 0 Å². The first-order valence-electron chi connectivity index (χ1n) is 10.7. The lowest BCUT2D eigenvalue weighted by Gasteiger charge is -2.36. The number of carbonyl (C=O) groups is 1. The van der Waals surface area contributed by atoms with Gasteiger partial charge in [0, 0.05) is 31.3 Å². The van der Waals surface area contributed by atoms with E-state index in [0.717, 1.165) is 44.1 Å². The summed E-state index contributed by atoms with van der Waals surface area (Å²) in [5.41, 5.74) is 0.590. The number of amides is 1. The van der Waals surface area contributed by atoms with Gasteiger partial charge in [-0.15, -0.1) is 0 Å². The number of piperidine rings is 1. The summed E-state index contributed by atoms with van der Waals surface area (Å²) in [7, 11) is 1.62. The van der Waals surface area contributed by atoms with E-state index in [0.29, 0.717) is 24.5 Å². The molecule has 0 bridgehead atoms. The minimum Gasteiger partial charge on any atom is -0.493 e. The van der Waals surface area contributed by atoms with Gasteiger partial charge in [-0.05, 0) is 50.3 Å². The average Bonchev–Trinajstić information content (AvgIpc) is 3.43. The molecule has 6 nitrogen and oxygen atoms in total. The van der Waals surface area contributed by atoms with Crippen LogP contribution in [0, 0.1) is 0 Å². The summed E-state index contributed by atoms with van der Waals surface area (Å²) < 4.78 is 17.1. The maximum Gasteiger partial charge on any atom is 0.251 e. The Bertz CT molecular complexity index is 661. The highest BCUT2D eigenvalue weighted by Crippen LogP contribution is 2.32. The van der Waals surface area contributed by atoms with Crippen LogP contribution in [0.5, 0.6) is 11.5 Å². The Balaban J connectivity index is 1.33. The molecule has 1 saturated carbocycles. The first kappa shape index (κ1) is 19.5. The molecule has 1 aromatic rings. The van der Waals surface area contributed by atoms with Crippen molar-refractivity contribution in [1.82, 2.24) is 10.2 Å². The largest absolute Gasteiger partial charge is 0.493 e. The van der Waals surface area contributed by atoms with Gasteiger partial charge in [0.15, 0.2) is 11.5 Å². The minimum absolute atomic E-state index is 0.0924. The van der Waals surface area contributed by atoms with Crippen LogP contribution in [-0.2, 0) is 4.74 Å². The van der Waals surface area contributed by atoms with Crippen molar-refractivity contribution in [1.29, 1.82) is 0 Å². The van der Waals surface area contributed by atoms with Gasteiger partial charge in [0.2, 0.25) is 0 Å². The number of nitrogens with zero attached hydrogens (tertiary/aromatic N) is 1. The third-order valence-electron chi connectivity index (χ3n) is 6.30. The Morgan fingerprint density at radius 1 is 1.11 bits per heavy atom. The fourth-order valence-corrected chi connectivity index (χ4v) is 4.63. The zero-order chi connectivity index (χ0) is 19.3. The highest BCUT2D eigenvalue weighted by Gasteiger charge is 2.28. The van der Waals surface area contributed by atoms with E-state index in [1.165, 1.54) is 25.7 Å². The molecular formula is C22H32N2O4. The number of ether oxygens (including phenoxy) is 3. The molecule has 0 spiro atoms. The second kappa shape index (κ2) is 9.14. The van der Waals surface area contributed by atoms with Crippen LogP contribution in [0.1, 0.15) is 55.3 Å². The molecule has 28 heavy (non-hydrogen) atoms. The van der Waals surface area contributed by atoms with Crippen LogP contribution in [-0.4, -0.2) is 62.4 Å². The summed E-state index contributed by atoms with van der Waals surface area (Å²) >= 11 is 0. The van der Waals surface area contributed by atoms with Crippen molar-refractivity contribution in [3.63, 3.8) is 0 Å². The molecule has 2 saturated heterocycles. The number of benzene rings is 1. The molecule has 6 heteroatoms. The molecule has 2 aliphatic heterocycles. The molecule has 1 aliphatic carbocycles. The molecule has 0 unspecified atom stereocenters. The number of methoxy groups -OCH3 is 1. The maximum absolute atomic E-state index is 12.5. The van der Waals surface area contributed by atoms with Crippen LogP contribution < -0.4 is 14.8 Å². The molecule has 3 fully saturated rings. The lowest BCUT2D eigenvalue weighted by molar-refractivity contribution is 0.0750. The van der Waals surface area contributed by atoms with Crippen molar-refractivity contribution in [2.45, 2.75) is 63.1 Å². The Kier molecular flexibility index (Phi) is 6.37. The first-order chi connectivity index (χ1) is 13.7. The Labute approximate surface area is 167 Å². The molecule has 1 atom stereocenters.